The van der Waals surface area contributed by atoms with Gasteiger partial charge in [-0.05, 0) is 17.7 Å². The highest BCUT2D eigenvalue weighted by Crippen LogP contribution is 2.06. The van der Waals surface area contributed by atoms with Crippen LogP contribution in [0.5, 0.6) is 0 Å². The highest BCUT2D eigenvalue weighted by Gasteiger charge is 2.14. The van der Waals surface area contributed by atoms with Gasteiger partial charge in [0.25, 0.3) is 10.0 Å². The Labute approximate surface area is 97.8 Å². The topological polar surface area (TPSA) is 74.8 Å². The first kappa shape index (κ1) is 11.7. The summed E-state index contributed by atoms with van der Waals surface area (Å²) in [4.78, 5) is 6.13. The second-order valence-electron chi connectivity index (χ2n) is 3.37. The Morgan fingerprint density at radius 1 is 1.29 bits per heavy atom. The molecule has 2 aromatic rings. The van der Waals surface area contributed by atoms with Crippen LogP contribution in [0.4, 0.5) is 4.39 Å². The molecule has 0 spiro atoms. The average Bonchev–Trinajstić information content (AvgIpc) is 2.82. The minimum absolute atomic E-state index is 0.000360. The number of imidazole rings is 1. The van der Waals surface area contributed by atoms with E-state index in [9.17, 15) is 12.8 Å². The number of aromatic nitrogens is 2. The molecule has 7 heteroatoms. The number of hydrogen-bond donors (Lipinski definition) is 2. The fourth-order valence-corrected chi connectivity index (χ4v) is 2.17. The number of hydrogen-bond acceptors (Lipinski definition) is 3. The van der Waals surface area contributed by atoms with E-state index in [1.54, 1.807) is 0 Å². The maximum atomic E-state index is 12.6. The molecular weight excluding hydrogens is 245 g/mol. The number of nitrogens with zero attached hydrogens (tertiary/aromatic N) is 1. The van der Waals surface area contributed by atoms with Crippen molar-refractivity contribution in [3.63, 3.8) is 0 Å². The van der Waals surface area contributed by atoms with E-state index in [4.69, 9.17) is 0 Å². The van der Waals surface area contributed by atoms with Gasteiger partial charge in [-0.25, -0.2) is 22.5 Å². The number of benzene rings is 1. The molecule has 0 amide bonds. The van der Waals surface area contributed by atoms with Gasteiger partial charge in [0.15, 0.2) is 5.03 Å². The third kappa shape index (κ3) is 2.89. The molecule has 1 heterocycles. The molecule has 1 aromatic heterocycles. The van der Waals surface area contributed by atoms with Crippen molar-refractivity contribution < 1.29 is 12.8 Å². The van der Waals surface area contributed by atoms with E-state index >= 15 is 0 Å². The molecule has 17 heavy (non-hydrogen) atoms. The summed E-state index contributed by atoms with van der Waals surface area (Å²) in [6, 6.07) is 5.59. The molecule has 2 N–H and O–H groups in total. The number of H-pyrrole nitrogens is 1. The third-order valence-corrected chi connectivity index (χ3v) is 3.47. The molecule has 0 atom stereocenters. The van der Waals surface area contributed by atoms with Gasteiger partial charge in [0.05, 0.1) is 12.5 Å². The van der Waals surface area contributed by atoms with Crippen molar-refractivity contribution in [3.05, 3.63) is 48.2 Å². The van der Waals surface area contributed by atoms with Crippen LogP contribution in [0.25, 0.3) is 0 Å². The summed E-state index contributed by atoms with van der Waals surface area (Å²) in [6.45, 7) is 0.0988. The predicted octanol–water partition coefficient (Wildman–Crippen LogP) is 1.03. The van der Waals surface area contributed by atoms with E-state index in [0.717, 1.165) is 0 Å². The second-order valence-corrected chi connectivity index (χ2v) is 5.10. The van der Waals surface area contributed by atoms with E-state index in [-0.39, 0.29) is 17.4 Å². The normalized spacial score (nSPS) is 11.6. The molecule has 0 bridgehead atoms. The van der Waals surface area contributed by atoms with Gasteiger partial charge in [-0.15, -0.1) is 0 Å². The Kier molecular flexibility index (Phi) is 3.21. The standard InChI is InChI=1S/C10H10FN3O2S/c11-9-3-1-8(2-4-9)5-14-17(15,16)10-6-12-7-13-10/h1-4,6-7,14H,5H2,(H,12,13). The first-order chi connectivity index (χ1) is 8.08. The van der Waals surface area contributed by atoms with Gasteiger partial charge in [0.1, 0.15) is 5.82 Å². The highest BCUT2D eigenvalue weighted by molar-refractivity contribution is 7.89. The van der Waals surface area contributed by atoms with Crippen LogP contribution >= 0.6 is 0 Å². The third-order valence-electron chi connectivity index (χ3n) is 2.14. The van der Waals surface area contributed by atoms with Crippen molar-refractivity contribution >= 4 is 10.0 Å². The van der Waals surface area contributed by atoms with E-state index < -0.39 is 10.0 Å². The number of nitrogens with one attached hydrogen (secondary N) is 2. The summed E-state index contributed by atoms with van der Waals surface area (Å²) >= 11 is 0. The van der Waals surface area contributed by atoms with E-state index in [1.807, 2.05) is 0 Å². The van der Waals surface area contributed by atoms with E-state index in [2.05, 4.69) is 14.7 Å². The Morgan fingerprint density at radius 2 is 2.00 bits per heavy atom. The van der Waals surface area contributed by atoms with Gasteiger partial charge in [0.2, 0.25) is 0 Å². The van der Waals surface area contributed by atoms with Crippen molar-refractivity contribution in [2.75, 3.05) is 0 Å². The number of aromatic amines is 1. The molecule has 0 saturated carbocycles. The van der Waals surface area contributed by atoms with Crippen LogP contribution in [0.1, 0.15) is 5.56 Å². The largest absolute Gasteiger partial charge is 0.335 e. The quantitative estimate of drug-likeness (QED) is 0.856. The lowest BCUT2D eigenvalue weighted by atomic mass is 10.2. The van der Waals surface area contributed by atoms with Gasteiger partial charge in [-0.3, -0.25) is 0 Å². The summed E-state index contributed by atoms with van der Waals surface area (Å²) in [5.74, 6) is -0.356. The Hall–Kier alpha value is -1.73. The molecule has 0 unspecified atom stereocenters. The number of rotatable bonds is 4. The number of sulfonamides is 1. The minimum atomic E-state index is -3.59. The highest BCUT2D eigenvalue weighted by atomic mass is 32.2. The van der Waals surface area contributed by atoms with Gasteiger partial charge < -0.3 is 4.98 Å². The molecule has 0 radical (unpaired) electrons. The maximum Gasteiger partial charge on any atom is 0.257 e. The fraction of sp³-hybridized carbons (Fsp3) is 0.100. The summed E-state index contributed by atoms with van der Waals surface area (Å²) in [7, 11) is -3.59. The molecule has 0 aliphatic heterocycles. The summed E-state index contributed by atoms with van der Waals surface area (Å²) in [5, 5.41) is -0.000360. The smallest absolute Gasteiger partial charge is 0.257 e. The molecular formula is C10H10FN3O2S. The Bertz CT molecular complexity index is 579. The van der Waals surface area contributed by atoms with Crippen LogP contribution < -0.4 is 4.72 Å². The number of halogens is 1. The SMILES string of the molecule is O=S(=O)(NCc1ccc(F)cc1)c1cnc[nH]1. The average molecular weight is 255 g/mol. The second kappa shape index (κ2) is 4.64. The van der Waals surface area contributed by atoms with Gasteiger partial charge >= 0.3 is 0 Å². The lowest BCUT2D eigenvalue weighted by Crippen LogP contribution is -2.23. The summed E-state index contributed by atoms with van der Waals surface area (Å²) < 4.78 is 38.4. The Balaban J connectivity index is 2.06. The van der Waals surface area contributed by atoms with Crippen molar-refractivity contribution in [1.29, 1.82) is 0 Å². The van der Waals surface area contributed by atoms with Crippen LogP contribution in [0, 0.1) is 5.82 Å². The summed E-state index contributed by atoms with van der Waals surface area (Å²) in [5.41, 5.74) is 0.675. The first-order valence-corrected chi connectivity index (χ1v) is 6.29. The minimum Gasteiger partial charge on any atom is -0.335 e. The fourth-order valence-electron chi connectivity index (χ4n) is 1.25. The van der Waals surface area contributed by atoms with Crippen LogP contribution in [0.2, 0.25) is 0 Å². The molecule has 5 nitrogen and oxygen atoms in total. The van der Waals surface area contributed by atoms with Crippen molar-refractivity contribution in [2.45, 2.75) is 11.6 Å². The lowest BCUT2D eigenvalue weighted by Gasteiger charge is -2.04. The zero-order valence-electron chi connectivity index (χ0n) is 8.72. The molecule has 1 aromatic carbocycles. The molecule has 0 fully saturated rings. The summed E-state index contributed by atoms with van der Waals surface area (Å²) in [6.07, 6.45) is 2.50. The first-order valence-electron chi connectivity index (χ1n) is 4.80. The van der Waals surface area contributed by atoms with Crippen molar-refractivity contribution in [2.24, 2.45) is 0 Å². The molecule has 0 aliphatic rings. The van der Waals surface area contributed by atoms with Gasteiger partial charge in [0, 0.05) is 6.54 Å². The zero-order chi connectivity index (χ0) is 12.3. The monoisotopic (exact) mass is 255 g/mol. The maximum absolute atomic E-state index is 12.6. The van der Waals surface area contributed by atoms with Crippen molar-refractivity contribution in [1.82, 2.24) is 14.7 Å². The Morgan fingerprint density at radius 3 is 2.59 bits per heavy atom. The zero-order valence-corrected chi connectivity index (χ0v) is 9.54. The lowest BCUT2D eigenvalue weighted by molar-refractivity contribution is 0.578. The van der Waals surface area contributed by atoms with Crippen LogP contribution in [0.15, 0.2) is 41.8 Å². The predicted molar refractivity (Wildman–Crippen MR) is 59.0 cm³/mol. The van der Waals surface area contributed by atoms with Crippen LogP contribution in [0.3, 0.4) is 0 Å². The van der Waals surface area contributed by atoms with E-state index in [0.29, 0.717) is 5.56 Å². The van der Waals surface area contributed by atoms with E-state index in [1.165, 1.54) is 36.8 Å². The van der Waals surface area contributed by atoms with Crippen LogP contribution in [-0.4, -0.2) is 18.4 Å². The van der Waals surface area contributed by atoms with Crippen LogP contribution in [-0.2, 0) is 16.6 Å². The molecule has 0 saturated heterocycles. The molecule has 0 aliphatic carbocycles. The molecule has 2 rings (SSSR count). The molecule has 90 valence electrons. The van der Waals surface area contributed by atoms with Gasteiger partial charge in [-0.2, -0.15) is 0 Å². The van der Waals surface area contributed by atoms with Crippen molar-refractivity contribution in [3.8, 4) is 0 Å². The van der Waals surface area contributed by atoms with Gasteiger partial charge in [-0.1, -0.05) is 12.1 Å².